The quantitative estimate of drug-likeness (QED) is 0.871. The van der Waals surface area contributed by atoms with Crippen LogP contribution in [0, 0.1) is 6.92 Å². The summed E-state index contributed by atoms with van der Waals surface area (Å²) >= 11 is 0. The van der Waals surface area contributed by atoms with E-state index in [0.29, 0.717) is 5.92 Å². The molecule has 2 unspecified atom stereocenters. The Morgan fingerprint density at radius 1 is 0.952 bits per heavy atom. The highest BCUT2D eigenvalue weighted by Crippen LogP contribution is 2.28. The van der Waals surface area contributed by atoms with E-state index in [1.807, 2.05) is 31.2 Å². The molecule has 0 amide bonds. The maximum atomic E-state index is 6.21. The summed E-state index contributed by atoms with van der Waals surface area (Å²) in [5.41, 5.74) is 9.80. The van der Waals surface area contributed by atoms with E-state index in [0.717, 1.165) is 11.3 Å². The van der Waals surface area contributed by atoms with Crippen LogP contribution in [0.25, 0.3) is 0 Å². The minimum Gasteiger partial charge on any atom is -0.484 e. The first-order valence-electron chi connectivity index (χ1n) is 7.56. The second kappa shape index (κ2) is 6.77. The van der Waals surface area contributed by atoms with Gasteiger partial charge in [-0.05, 0) is 48.6 Å². The highest BCUT2D eigenvalue weighted by atomic mass is 16.5. The topological polar surface area (TPSA) is 35.2 Å². The number of aryl methyl sites for hydroxylation is 1. The van der Waals surface area contributed by atoms with Crippen LogP contribution in [0.3, 0.4) is 0 Å². The van der Waals surface area contributed by atoms with Gasteiger partial charge in [-0.2, -0.15) is 0 Å². The first-order valence-corrected chi connectivity index (χ1v) is 7.56. The van der Waals surface area contributed by atoms with Crippen LogP contribution in [0.4, 0.5) is 0 Å². The molecule has 0 bridgehead atoms. The molecule has 21 heavy (non-hydrogen) atoms. The largest absolute Gasteiger partial charge is 0.484 e. The summed E-state index contributed by atoms with van der Waals surface area (Å²) in [5, 5.41) is 0. The molecule has 0 aromatic heterocycles. The van der Waals surface area contributed by atoms with Gasteiger partial charge < -0.3 is 10.5 Å². The Bertz CT molecular complexity index is 590. The predicted molar refractivity (Wildman–Crippen MR) is 88.7 cm³/mol. The van der Waals surface area contributed by atoms with E-state index in [1.54, 1.807) is 0 Å². The Kier molecular flexibility index (Phi) is 5.03. The van der Waals surface area contributed by atoms with Crippen molar-refractivity contribution in [2.45, 2.75) is 45.8 Å². The van der Waals surface area contributed by atoms with E-state index in [2.05, 4.69) is 45.0 Å². The first kappa shape index (κ1) is 15.6. The molecule has 0 heterocycles. The maximum absolute atomic E-state index is 6.21. The van der Waals surface area contributed by atoms with Gasteiger partial charge in [0.1, 0.15) is 11.9 Å². The van der Waals surface area contributed by atoms with Gasteiger partial charge in [-0.1, -0.05) is 50.2 Å². The van der Waals surface area contributed by atoms with Gasteiger partial charge in [0.25, 0.3) is 0 Å². The number of hydrogen-bond acceptors (Lipinski definition) is 2. The number of ether oxygens (including phenoxy) is 1. The average molecular weight is 283 g/mol. The summed E-state index contributed by atoms with van der Waals surface area (Å²) in [6, 6.07) is 16.5. The summed E-state index contributed by atoms with van der Waals surface area (Å²) in [4.78, 5) is 0. The number of hydrogen-bond donors (Lipinski definition) is 1. The average Bonchev–Trinajstić information content (AvgIpc) is 2.45. The van der Waals surface area contributed by atoms with E-state index in [-0.39, 0.29) is 12.1 Å². The van der Waals surface area contributed by atoms with Gasteiger partial charge in [0, 0.05) is 6.04 Å². The molecule has 0 radical (unpaired) electrons. The number of nitrogens with two attached hydrogens (primary N) is 1. The summed E-state index contributed by atoms with van der Waals surface area (Å²) in [6.07, 6.45) is -0.131. The molecule has 0 aliphatic rings. The minimum absolute atomic E-state index is 0.0752. The summed E-state index contributed by atoms with van der Waals surface area (Å²) < 4.78 is 6.21. The van der Waals surface area contributed by atoms with Gasteiger partial charge >= 0.3 is 0 Å². The van der Waals surface area contributed by atoms with Crippen molar-refractivity contribution >= 4 is 0 Å². The molecule has 2 nitrogen and oxygen atoms in total. The van der Waals surface area contributed by atoms with Crippen molar-refractivity contribution in [1.82, 2.24) is 0 Å². The lowest BCUT2D eigenvalue weighted by molar-refractivity contribution is 0.179. The highest BCUT2D eigenvalue weighted by Gasteiger charge is 2.20. The molecule has 0 fully saturated rings. The third-order valence-corrected chi connectivity index (χ3v) is 3.76. The standard InChI is InChI=1S/C19H25NO/c1-13(2)16-9-7-10-17(12-16)21-19(15(4)20)18-11-6-5-8-14(18)3/h5-13,15,19H,20H2,1-4H3. The van der Waals surface area contributed by atoms with Crippen LogP contribution in [0.1, 0.15) is 49.5 Å². The van der Waals surface area contributed by atoms with E-state index in [1.165, 1.54) is 11.1 Å². The molecule has 2 N–H and O–H groups in total. The van der Waals surface area contributed by atoms with Crippen LogP contribution in [-0.4, -0.2) is 6.04 Å². The van der Waals surface area contributed by atoms with Gasteiger partial charge in [-0.3, -0.25) is 0 Å². The molecule has 0 saturated heterocycles. The third-order valence-electron chi connectivity index (χ3n) is 3.76. The Labute approximate surface area is 127 Å². The highest BCUT2D eigenvalue weighted by molar-refractivity contribution is 5.33. The fourth-order valence-electron chi connectivity index (χ4n) is 2.45. The van der Waals surface area contributed by atoms with Gasteiger partial charge in [0.15, 0.2) is 0 Å². The Morgan fingerprint density at radius 2 is 1.67 bits per heavy atom. The van der Waals surface area contributed by atoms with E-state index >= 15 is 0 Å². The fraction of sp³-hybridized carbons (Fsp3) is 0.368. The lowest BCUT2D eigenvalue weighted by Gasteiger charge is -2.25. The van der Waals surface area contributed by atoms with Crippen LogP contribution in [0.2, 0.25) is 0 Å². The van der Waals surface area contributed by atoms with Gasteiger partial charge in [-0.25, -0.2) is 0 Å². The summed E-state index contributed by atoms with van der Waals surface area (Å²) in [6.45, 7) is 8.45. The zero-order chi connectivity index (χ0) is 15.4. The zero-order valence-electron chi connectivity index (χ0n) is 13.3. The molecule has 112 valence electrons. The monoisotopic (exact) mass is 283 g/mol. The first-order chi connectivity index (χ1) is 9.99. The second-order valence-electron chi connectivity index (χ2n) is 5.98. The molecule has 0 spiro atoms. The lowest BCUT2D eigenvalue weighted by Crippen LogP contribution is -2.29. The van der Waals surface area contributed by atoms with E-state index in [4.69, 9.17) is 10.5 Å². The van der Waals surface area contributed by atoms with Crippen LogP contribution < -0.4 is 10.5 Å². The predicted octanol–water partition coefficient (Wildman–Crippen LogP) is 4.59. The summed E-state index contributed by atoms with van der Waals surface area (Å²) in [7, 11) is 0. The van der Waals surface area contributed by atoms with Gasteiger partial charge in [-0.15, -0.1) is 0 Å². The Balaban J connectivity index is 2.29. The van der Waals surface area contributed by atoms with Crippen molar-refractivity contribution in [2.24, 2.45) is 5.73 Å². The van der Waals surface area contributed by atoms with Crippen LogP contribution >= 0.6 is 0 Å². The van der Waals surface area contributed by atoms with Crippen molar-refractivity contribution < 1.29 is 4.74 Å². The SMILES string of the molecule is Cc1ccccc1C(Oc1cccc(C(C)C)c1)C(C)N. The van der Waals surface area contributed by atoms with E-state index < -0.39 is 0 Å². The van der Waals surface area contributed by atoms with Crippen molar-refractivity contribution in [3.63, 3.8) is 0 Å². The van der Waals surface area contributed by atoms with Crippen LogP contribution in [0.15, 0.2) is 48.5 Å². The Morgan fingerprint density at radius 3 is 2.29 bits per heavy atom. The molecule has 2 atom stereocenters. The molecule has 2 aromatic rings. The normalized spacial score (nSPS) is 14.0. The Hall–Kier alpha value is -1.80. The van der Waals surface area contributed by atoms with Gasteiger partial charge in [0.2, 0.25) is 0 Å². The second-order valence-corrected chi connectivity index (χ2v) is 5.98. The minimum atomic E-state index is -0.131. The molecule has 0 aliphatic carbocycles. The molecule has 2 heteroatoms. The lowest BCUT2D eigenvalue weighted by atomic mass is 9.98. The van der Waals surface area contributed by atoms with Crippen LogP contribution in [0.5, 0.6) is 5.75 Å². The molecular weight excluding hydrogens is 258 g/mol. The molecule has 2 aromatic carbocycles. The molecular formula is C19H25NO. The molecule has 0 saturated carbocycles. The fourth-order valence-corrected chi connectivity index (χ4v) is 2.45. The zero-order valence-corrected chi connectivity index (χ0v) is 13.3. The number of benzene rings is 2. The van der Waals surface area contributed by atoms with Gasteiger partial charge in [0.05, 0.1) is 0 Å². The number of rotatable bonds is 5. The van der Waals surface area contributed by atoms with Crippen molar-refractivity contribution in [2.75, 3.05) is 0 Å². The van der Waals surface area contributed by atoms with E-state index in [9.17, 15) is 0 Å². The van der Waals surface area contributed by atoms with Crippen molar-refractivity contribution in [3.8, 4) is 5.75 Å². The third kappa shape index (κ3) is 3.85. The van der Waals surface area contributed by atoms with Crippen molar-refractivity contribution in [3.05, 3.63) is 65.2 Å². The smallest absolute Gasteiger partial charge is 0.139 e. The molecule has 2 rings (SSSR count). The van der Waals surface area contributed by atoms with Crippen LogP contribution in [-0.2, 0) is 0 Å². The maximum Gasteiger partial charge on any atom is 0.139 e. The van der Waals surface area contributed by atoms with Crippen molar-refractivity contribution in [1.29, 1.82) is 0 Å². The molecule has 0 aliphatic heterocycles. The summed E-state index contributed by atoms with van der Waals surface area (Å²) in [5.74, 6) is 1.37.